The van der Waals surface area contributed by atoms with Crippen LogP contribution >= 0.6 is 24.0 Å². The van der Waals surface area contributed by atoms with E-state index in [0.717, 1.165) is 54.1 Å². The van der Waals surface area contributed by atoms with E-state index in [2.05, 4.69) is 20.6 Å². The van der Waals surface area contributed by atoms with Crippen molar-refractivity contribution in [1.29, 1.82) is 0 Å². The van der Waals surface area contributed by atoms with Gasteiger partial charge in [-0.2, -0.15) is 0 Å². The number of hydrogen-bond donors (Lipinski definition) is 3. The third-order valence-electron chi connectivity index (χ3n) is 3.97. The Morgan fingerprint density at radius 1 is 1.23 bits per heavy atom. The molecule has 0 amide bonds. The van der Waals surface area contributed by atoms with Crippen molar-refractivity contribution in [2.75, 3.05) is 19.6 Å². The van der Waals surface area contributed by atoms with Crippen molar-refractivity contribution in [3.05, 3.63) is 59.9 Å². The Morgan fingerprint density at radius 2 is 2.12 bits per heavy atom. The van der Waals surface area contributed by atoms with Gasteiger partial charge in [0, 0.05) is 43.2 Å². The van der Waals surface area contributed by atoms with Crippen LogP contribution in [0.3, 0.4) is 0 Å². The zero-order valence-corrected chi connectivity index (χ0v) is 17.0. The lowest BCUT2D eigenvalue weighted by Crippen LogP contribution is -2.38. The van der Waals surface area contributed by atoms with Gasteiger partial charge in [0.05, 0.1) is 6.26 Å². The summed E-state index contributed by atoms with van der Waals surface area (Å²) in [7, 11) is 0. The first-order valence-corrected chi connectivity index (χ1v) is 8.56. The van der Waals surface area contributed by atoms with Crippen LogP contribution in [0, 0.1) is 5.82 Å². The van der Waals surface area contributed by atoms with Gasteiger partial charge >= 0.3 is 0 Å². The molecule has 0 fully saturated rings. The molecule has 5 nitrogen and oxygen atoms in total. The number of hydrogen-bond acceptors (Lipinski definition) is 2. The molecule has 7 heteroatoms. The van der Waals surface area contributed by atoms with E-state index in [1.165, 1.54) is 6.07 Å². The monoisotopic (exact) mass is 470 g/mol. The molecule has 0 bridgehead atoms. The van der Waals surface area contributed by atoms with Crippen molar-refractivity contribution in [3.8, 4) is 0 Å². The number of rotatable bonds is 7. The Balaban J connectivity index is 0.00000243. The lowest BCUT2D eigenvalue weighted by atomic mass is 10.1. The predicted molar refractivity (Wildman–Crippen MR) is 114 cm³/mol. The molecule has 0 radical (unpaired) electrons. The van der Waals surface area contributed by atoms with Crippen LogP contribution < -0.4 is 10.6 Å². The number of aliphatic imine (C=N–C) groups is 1. The summed E-state index contributed by atoms with van der Waals surface area (Å²) < 4.78 is 18.7. The smallest absolute Gasteiger partial charge is 0.191 e. The maximum Gasteiger partial charge on any atom is 0.191 e. The first-order chi connectivity index (χ1) is 12.3. The maximum atomic E-state index is 13.4. The minimum absolute atomic E-state index is 0. The minimum atomic E-state index is -0.214. The molecule has 0 aliphatic carbocycles. The van der Waals surface area contributed by atoms with E-state index in [-0.39, 0.29) is 29.8 Å². The van der Waals surface area contributed by atoms with Gasteiger partial charge in [-0.05, 0) is 49.2 Å². The highest BCUT2D eigenvalue weighted by atomic mass is 127. The number of nitrogens with zero attached hydrogens (tertiary/aromatic N) is 1. The molecule has 0 saturated carbocycles. The van der Waals surface area contributed by atoms with Gasteiger partial charge in [-0.25, -0.2) is 4.39 Å². The van der Waals surface area contributed by atoms with E-state index in [0.29, 0.717) is 6.54 Å². The second kappa shape index (κ2) is 10.2. The normalized spacial score (nSPS) is 11.4. The fourth-order valence-corrected chi connectivity index (χ4v) is 2.75. The molecule has 0 spiro atoms. The van der Waals surface area contributed by atoms with E-state index >= 15 is 0 Å². The van der Waals surface area contributed by atoms with Crippen LogP contribution in [-0.2, 0) is 12.8 Å². The maximum absolute atomic E-state index is 13.4. The molecule has 1 aromatic carbocycles. The molecule has 0 saturated heterocycles. The molecule has 0 aliphatic heterocycles. The molecule has 3 aromatic rings. The molecule has 140 valence electrons. The van der Waals surface area contributed by atoms with Gasteiger partial charge in [-0.3, -0.25) is 4.99 Å². The Bertz CT molecular complexity index is 829. The third kappa shape index (κ3) is 5.48. The van der Waals surface area contributed by atoms with Crippen molar-refractivity contribution in [2.24, 2.45) is 4.99 Å². The quantitative estimate of drug-likeness (QED) is 0.279. The lowest BCUT2D eigenvalue weighted by molar-refractivity contribution is 0.510. The second-order valence-electron chi connectivity index (χ2n) is 5.77. The topological polar surface area (TPSA) is 65.3 Å². The highest BCUT2D eigenvalue weighted by molar-refractivity contribution is 14.0. The molecule has 3 N–H and O–H groups in total. The van der Waals surface area contributed by atoms with Crippen molar-refractivity contribution >= 4 is 40.8 Å². The highest BCUT2D eigenvalue weighted by Gasteiger charge is 2.05. The number of furan rings is 1. The van der Waals surface area contributed by atoms with Gasteiger partial charge in [-0.1, -0.05) is 0 Å². The van der Waals surface area contributed by atoms with Crippen molar-refractivity contribution in [3.63, 3.8) is 0 Å². The van der Waals surface area contributed by atoms with Crippen molar-refractivity contribution in [1.82, 2.24) is 15.6 Å². The second-order valence-corrected chi connectivity index (χ2v) is 5.77. The average Bonchev–Trinajstić information content (AvgIpc) is 3.25. The number of aromatic amines is 1. The average molecular weight is 470 g/mol. The fraction of sp³-hybridized carbons (Fsp3) is 0.316. The number of nitrogens with one attached hydrogen (secondary N) is 3. The van der Waals surface area contributed by atoms with Crippen LogP contribution in [0.5, 0.6) is 0 Å². The van der Waals surface area contributed by atoms with Crippen molar-refractivity contribution < 1.29 is 8.81 Å². The summed E-state index contributed by atoms with van der Waals surface area (Å²) in [5, 5.41) is 7.48. The Kier molecular flexibility index (Phi) is 7.96. The number of guanidine groups is 1. The standard InChI is InChI=1S/C19H23FN4O.HI/c1-2-21-19(23-10-8-16-4-3-11-25-16)22-9-7-14-13-24-18-6-5-15(20)12-17(14)18;/h3-6,11-13,24H,2,7-10H2,1H3,(H2,21,22,23);1H. The zero-order chi connectivity index (χ0) is 17.5. The Morgan fingerprint density at radius 3 is 2.88 bits per heavy atom. The Labute approximate surface area is 169 Å². The van der Waals surface area contributed by atoms with E-state index < -0.39 is 0 Å². The number of benzene rings is 1. The molecule has 0 aliphatic rings. The van der Waals surface area contributed by atoms with Crippen LogP contribution in [-0.4, -0.2) is 30.6 Å². The van der Waals surface area contributed by atoms with Crippen LogP contribution in [0.4, 0.5) is 4.39 Å². The van der Waals surface area contributed by atoms with Crippen LogP contribution in [0.15, 0.2) is 52.2 Å². The molecule has 2 heterocycles. The van der Waals surface area contributed by atoms with Gasteiger partial charge in [0.2, 0.25) is 0 Å². The van der Waals surface area contributed by atoms with Gasteiger partial charge in [0.15, 0.2) is 5.96 Å². The van der Waals surface area contributed by atoms with Crippen LogP contribution in [0.1, 0.15) is 18.2 Å². The number of H-pyrrole nitrogens is 1. The van der Waals surface area contributed by atoms with Crippen molar-refractivity contribution in [2.45, 2.75) is 19.8 Å². The number of aromatic nitrogens is 1. The molecular formula is C19H24FIN4O. The van der Waals surface area contributed by atoms with E-state index in [1.54, 1.807) is 18.4 Å². The molecule has 26 heavy (non-hydrogen) atoms. The van der Waals surface area contributed by atoms with Crippen LogP contribution in [0.2, 0.25) is 0 Å². The summed E-state index contributed by atoms with van der Waals surface area (Å²) in [5.74, 6) is 1.50. The summed E-state index contributed by atoms with van der Waals surface area (Å²) >= 11 is 0. The summed E-state index contributed by atoms with van der Waals surface area (Å²) in [5.41, 5.74) is 2.05. The summed E-state index contributed by atoms with van der Waals surface area (Å²) in [6.45, 7) is 4.20. The van der Waals surface area contributed by atoms with Gasteiger partial charge in [0.25, 0.3) is 0 Å². The highest BCUT2D eigenvalue weighted by Crippen LogP contribution is 2.19. The minimum Gasteiger partial charge on any atom is -0.469 e. The fourth-order valence-electron chi connectivity index (χ4n) is 2.75. The number of halogens is 2. The predicted octanol–water partition coefficient (Wildman–Crippen LogP) is 3.86. The number of fused-ring (bicyclic) bond motifs is 1. The molecule has 3 rings (SSSR count). The van der Waals surface area contributed by atoms with Gasteiger partial charge in [-0.15, -0.1) is 24.0 Å². The molecule has 0 unspecified atom stereocenters. The first kappa shape index (κ1) is 20.3. The molecule has 2 aromatic heterocycles. The first-order valence-electron chi connectivity index (χ1n) is 8.56. The van der Waals surface area contributed by atoms with Gasteiger partial charge in [0.1, 0.15) is 11.6 Å². The van der Waals surface area contributed by atoms with E-state index in [9.17, 15) is 4.39 Å². The summed E-state index contributed by atoms with van der Waals surface area (Å²) in [6.07, 6.45) is 5.16. The zero-order valence-electron chi connectivity index (χ0n) is 14.7. The van der Waals surface area contributed by atoms with E-state index in [4.69, 9.17) is 4.42 Å². The van der Waals surface area contributed by atoms with Gasteiger partial charge < -0.3 is 20.0 Å². The summed E-state index contributed by atoms with van der Waals surface area (Å²) in [6, 6.07) is 8.64. The third-order valence-corrected chi connectivity index (χ3v) is 3.97. The lowest BCUT2D eigenvalue weighted by Gasteiger charge is -2.11. The Hall–Kier alpha value is -2.03. The molecule has 0 atom stereocenters. The van der Waals surface area contributed by atoms with Crippen LogP contribution in [0.25, 0.3) is 10.9 Å². The molecular weight excluding hydrogens is 446 g/mol. The summed E-state index contributed by atoms with van der Waals surface area (Å²) in [4.78, 5) is 7.73. The SMILES string of the molecule is CCNC(=NCCc1ccco1)NCCc1c[nH]c2ccc(F)cc12.I. The largest absolute Gasteiger partial charge is 0.469 e. The van der Waals surface area contributed by atoms with E-state index in [1.807, 2.05) is 25.3 Å².